The zero-order chi connectivity index (χ0) is 21.8. The largest absolute Gasteiger partial charge is 0.493 e. The fourth-order valence-electron chi connectivity index (χ4n) is 4.17. The van der Waals surface area contributed by atoms with Gasteiger partial charge in [-0.1, -0.05) is 0 Å². The molecule has 31 heavy (non-hydrogen) atoms. The van der Waals surface area contributed by atoms with Gasteiger partial charge >= 0.3 is 0 Å². The summed E-state index contributed by atoms with van der Waals surface area (Å²) in [7, 11) is 6.29. The molecule has 0 saturated carbocycles. The maximum absolute atomic E-state index is 9.10. The van der Waals surface area contributed by atoms with Gasteiger partial charge in [-0.25, -0.2) is 4.98 Å². The molecule has 0 bridgehead atoms. The summed E-state index contributed by atoms with van der Waals surface area (Å²) in [6, 6.07) is 9.88. The lowest BCUT2D eigenvalue weighted by Crippen LogP contribution is -2.34. The van der Waals surface area contributed by atoms with E-state index in [1.54, 1.807) is 0 Å². The van der Waals surface area contributed by atoms with Gasteiger partial charge in [0.2, 0.25) is 5.95 Å². The number of fused-ring (bicyclic) bond motifs is 3. The fourth-order valence-corrected chi connectivity index (χ4v) is 4.17. The number of aliphatic hydroxyl groups excluding tert-OH is 1. The first-order valence-electron chi connectivity index (χ1n) is 10.9. The van der Waals surface area contributed by atoms with E-state index in [0.29, 0.717) is 18.3 Å². The topological polar surface area (TPSA) is 78.9 Å². The third-order valence-electron chi connectivity index (χ3n) is 5.58. The fraction of sp³-hybridized carbons (Fsp3) is 0.522. The van der Waals surface area contributed by atoms with E-state index in [9.17, 15) is 0 Å². The minimum atomic E-state index is -0.0608. The lowest BCUT2D eigenvalue weighted by molar-refractivity contribution is 0.225. The second-order valence-electron chi connectivity index (χ2n) is 8.67. The average Bonchev–Trinajstić information content (AvgIpc) is 3.34. The molecule has 3 heterocycles. The Labute approximate surface area is 183 Å². The minimum absolute atomic E-state index is 0.0608. The lowest BCUT2D eigenvalue weighted by Gasteiger charge is -2.27. The number of benzene rings is 1. The van der Waals surface area contributed by atoms with Crippen molar-refractivity contribution in [3.63, 3.8) is 0 Å². The van der Waals surface area contributed by atoms with Gasteiger partial charge in [0.05, 0.1) is 24.2 Å². The SMILES string of the molecule is CN(C)CC1CNc2nc3ccc(OCCCN(C)Cc4ccc(CO)o4)cc3n2C1. The van der Waals surface area contributed by atoms with Crippen molar-refractivity contribution in [1.82, 2.24) is 19.4 Å². The molecule has 2 N–H and O–H groups in total. The molecule has 0 spiro atoms. The van der Waals surface area contributed by atoms with Gasteiger partial charge in [0.15, 0.2) is 0 Å². The molecule has 1 aromatic carbocycles. The standard InChI is InChI=1S/C23H33N5O3/c1-26(2)13-17-12-24-23-25-21-8-7-18(11-22(21)28(23)14-17)30-10-4-9-27(3)15-19-5-6-20(16-29)31-19/h5-8,11,17,29H,4,9-10,12-16H2,1-3H3,(H,24,25). The normalized spacial score (nSPS) is 16.1. The molecule has 8 nitrogen and oxygen atoms in total. The molecule has 0 fully saturated rings. The monoisotopic (exact) mass is 427 g/mol. The number of nitrogens with one attached hydrogen (secondary N) is 1. The van der Waals surface area contributed by atoms with Crippen LogP contribution in [-0.2, 0) is 19.7 Å². The van der Waals surface area contributed by atoms with Crippen LogP contribution in [-0.4, -0.2) is 71.8 Å². The average molecular weight is 428 g/mol. The highest BCUT2D eigenvalue weighted by atomic mass is 16.5. The maximum atomic E-state index is 9.10. The molecule has 0 amide bonds. The number of rotatable bonds is 10. The van der Waals surface area contributed by atoms with Crippen LogP contribution >= 0.6 is 0 Å². The Morgan fingerprint density at radius 2 is 2.06 bits per heavy atom. The molecule has 1 atom stereocenters. The zero-order valence-electron chi connectivity index (χ0n) is 18.7. The number of imidazole rings is 1. The molecule has 8 heteroatoms. The number of aromatic nitrogens is 2. The van der Waals surface area contributed by atoms with Crippen LogP contribution in [0.15, 0.2) is 34.7 Å². The van der Waals surface area contributed by atoms with Crippen molar-refractivity contribution in [2.75, 3.05) is 52.7 Å². The molecule has 0 radical (unpaired) electrons. The number of ether oxygens (including phenoxy) is 1. The Morgan fingerprint density at radius 1 is 1.23 bits per heavy atom. The number of nitrogens with zero attached hydrogens (tertiary/aromatic N) is 4. The Bertz CT molecular complexity index is 996. The van der Waals surface area contributed by atoms with Gasteiger partial charge in [0.1, 0.15) is 23.9 Å². The molecule has 4 rings (SSSR count). The quantitative estimate of drug-likeness (QED) is 0.482. The summed E-state index contributed by atoms with van der Waals surface area (Å²) < 4.78 is 13.9. The molecular weight excluding hydrogens is 394 g/mol. The van der Waals surface area contributed by atoms with E-state index < -0.39 is 0 Å². The molecule has 0 aliphatic carbocycles. The summed E-state index contributed by atoms with van der Waals surface area (Å²) in [6.07, 6.45) is 0.916. The number of anilines is 1. The summed E-state index contributed by atoms with van der Waals surface area (Å²) in [5.74, 6) is 3.86. The zero-order valence-corrected chi connectivity index (χ0v) is 18.7. The molecule has 1 unspecified atom stereocenters. The number of hydrogen-bond donors (Lipinski definition) is 2. The van der Waals surface area contributed by atoms with Gasteiger partial charge in [-0.15, -0.1) is 0 Å². The van der Waals surface area contributed by atoms with Gasteiger partial charge in [0.25, 0.3) is 0 Å². The van der Waals surface area contributed by atoms with Crippen molar-refractivity contribution in [1.29, 1.82) is 0 Å². The molecule has 1 aliphatic rings. The lowest BCUT2D eigenvalue weighted by atomic mass is 10.1. The van der Waals surface area contributed by atoms with Crippen molar-refractivity contribution in [3.05, 3.63) is 41.9 Å². The molecule has 3 aromatic rings. The summed E-state index contributed by atoms with van der Waals surface area (Å²) in [6.45, 7) is 5.18. The van der Waals surface area contributed by atoms with E-state index in [4.69, 9.17) is 19.2 Å². The third kappa shape index (κ3) is 5.39. The first-order valence-corrected chi connectivity index (χ1v) is 10.9. The predicted octanol–water partition coefficient (Wildman–Crippen LogP) is 2.63. The molecule has 1 aliphatic heterocycles. The van der Waals surface area contributed by atoms with Crippen LogP contribution in [0.1, 0.15) is 17.9 Å². The molecular formula is C23H33N5O3. The van der Waals surface area contributed by atoms with Crippen molar-refractivity contribution in [3.8, 4) is 5.75 Å². The molecule has 0 saturated heterocycles. The van der Waals surface area contributed by atoms with E-state index >= 15 is 0 Å². The molecule has 168 valence electrons. The minimum Gasteiger partial charge on any atom is -0.493 e. The van der Waals surface area contributed by atoms with Crippen molar-refractivity contribution in [2.45, 2.75) is 26.1 Å². The van der Waals surface area contributed by atoms with Gasteiger partial charge in [0, 0.05) is 38.2 Å². The summed E-state index contributed by atoms with van der Waals surface area (Å²) in [4.78, 5) is 9.15. The van der Waals surface area contributed by atoms with E-state index in [0.717, 1.165) is 67.6 Å². The Hall–Kier alpha value is -2.55. The first kappa shape index (κ1) is 21.7. The van der Waals surface area contributed by atoms with Gasteiger partial charge in [-0.05, 0) is 51.8 Å². The van der Waals surface area contributed by atoms with Crippen LogP contribution in [0.4, 0.5) is 5.95 Å². The van der Waals surface area contributed by atoms with Crippen LogP contribution in [0.5, 0.6) is 5.75 Å². The van der Waals surface area contributed by atoms with Crippen LogP contribution in [0, 0.1) is 5.92 Å². The van der Waals surface area contributed by atoms with E-state index in [1.165, 1.54) is 0 Å². The van der Waals surface area contributed by atoms with Crippen LogP contribution in [0.2, 0.25) is 0 Å². The van der Waals surface area contributed by atoms with Gasteiger partial charge in [-0.3, -0.25) is 4.90 Å². The highest BCUT2D eigenvalue weighted by Gasteiger charge is 2.22. The summed E-state index contributed by atoms with van der Waals surface area (Å²) in [5, 5.41) is 12.6. The number of aliphatic hydroxyl groups is 1. The van der Waals surface area contributed by atoms with Crippen LogP contribution in [0.25, 0.3) is 11.0 Å². The van der Waals surface area contributed by atoms with Crippen molar-refractivity contribution < 1.29 is 14.3 Å². The highest BCUT2D eigenvalue weighted by Crippen LogP contribution is 2.28. The van der Waals surface area contributed by atoms with E-state index in [2.05, 4.69) is 46.9 Å². The van der Waals surface area contributed by atoms with Gasteiger partial charge < -0.3 is 29.0 Å². The van der Waals surface area contributed by atoms with Crippen molar-refractivity contribution >= 4 is 17.0 Å². The maximum Gasteiger partial charge on any atom is 0.203 e. The Kier molecular flexibility index (Phi) is 6.80. The second kappa shape index (κ2) is 9.72. The van der Waals surface area contributed by atoms with Crippen molar-refractivity contribution in [2.24, 2.45) is 5.92 Å². The highest BCUT2D eigenvalue weighted by molar-refractivity contribution is 5.80. The van der Waals surface area contributed by atoms with Crippen LogP contribution < -0.4 is 10.1 Å². The predicted molar refractivity (Wildman–Crippen MR) is 121 cm³/mol. The molecule has 2 aromatic heterocycles. The third-order valence-corrected chi connectivity index (χ3v) is 5.58. The Morgan fingerprint density at radius 3 is 2.84 bits per heavy atom. The first-order chi connectivity index (χ1) is 15.0. The Balaban J connectivity index is 1.30. The van der Waals surface area contributed by atoms with E-state index in [1.807, 2.05) is 24.3 Å². The smallest absolute Gasteiger partial charge is 0.203 e. The number of hydrogen-bond acceptors (Lipinski definition) is 7. The van der Waals surface area contributed by atoms with E-state index in [-0.39, 0.29) is 6.61 Å². The summed E-state index contributed by atoms with van der Waals surface area (Å²) >= 11 is 0. The number of furan rings is 1. The van der Waals surface area contributed by atoms with Gasteiger partial charge in [-0.2, -0.15) is 0 Å². The van der Waals surface area contributed by atoms with Crippen LogP contribution in [0.3, 0.4) is 0 Å². The summed E-state index contributed by atoms with van der Waals surface area (Å²) in [5.41, 5.74) is 2.12. The second-order valence-corrected chi connectivity index (χ2v) is 8.67.